The number of benzene rings is 5. The molecule has 3 N–H and O–H groups in total. The van der Waals surface area contributed by atoms with E-state index in [1.54, 1.807) is 18.2 Å². The number of carbonyl (C=O) groups excluding carboxylic acids is 3. The van der Waals surface area contributed by atoms with Gasteiger partial charge in [-0.2, -0.15) is 0 Å². The summed E-state index contributed by atoms with van der Waals surface area (Å²) in [6, 6.07) is 38.1. The van der Waals surface area contributed by atoms with Crippen LogP contribution in [0.2, 0.25) is 0 Å². The number of imide groups is 1. The van der Waals surface area contributed by atoms with Gasteiger partial charge >= 0.3 is 12.1 Å². The molecule has 11 nitrogen and oxygen atoms in total. The molecule has 0 radical (unpaired) electrons. The molecule has 0 aliphatic carbocycles. The number of likely N-dealkylation sites (tertiary alicyclic amines) is 1. The van der Waals surface area contributed by atoms with Crippen molar-refractivity contribution >= 4 is 35.6 Å². The molecule has 2 fully saturated rings. The van der Waals surface area contributed by atoms with Crippen molar-refractivity contribution in [2.24, 2.45) is 5.92 Å². The predicted molar refractivity (Wildman–Crippen MR) is 213 cm³/mol. The number of carboxylic acids is 1. The molecule has 57 heavy (non-hydrogen) atoms. The molecule has 2 aliphatic heterocycles. The Bertz CT molecular complexity index is 2230. The van der Waals surface area contributed by atoms with Crippen LogP contribution >= 0.6 is 11.8 Å². The van der Waals surface area contributed by atoms with Gasteiger partial charge in [0.2, 0.25) is 5.91 Å². The van der Waals surface area contributed by atoms with E-state index in [0.29, 0.717) is 10.6 Å². The molecule has 0 bridgehead atoms. The molecule has 5 atom stereocenters. The smallest absolute Gasteiger partial charge is 0.408 e. The third kappa shape index (κ3) is 9.44. The number of ether oxygens (including phenoxy) is 3. The highest BCUT2D eigenvalue weighted by atomic mass is 32.2. The number of aromatic carboxylic acids is 1. The lowest BCUT2D eigenvalue weighted by Gasteiger charge is -2.41. The van der Waals surface area contributed by atoms with Crippen LogP contribution in [0.4, 0.5) is 4.79 Å². The minimum absolute atomic E-state index is 0.0380. The average Bonchev–Trinajstić information content (AvgIpc) is 3.50. The fourth-order valence-electron chi connectivity index (χ4n) is 7.02. The highest BCUT2D eigenvalue weighted by molar-refractivity contribution is 7.99. The Morgan fingerprint density at radius 1 is 0.807 bits per heavy atom. The number of aliphatic hydroxyl groups is 1. The molecule has 2 heterocycles. The van der Waals surface area contributed by atoms with Gasteiger partial charge in [-0.1, -0.05) is 110 Å². The second-order valence-electron chi connectivity index (χ2n) is 14.0. The first-order valence-corrected chi connectivity index (χ1v) is 19.6. The normalized spacial score (nSPS) is 20.7. The molecule has 0 saturated carbocycles. The molecule has 292 valence electrons. The lowest BCUT2D eigenvalue weighted by atomic mass is 9.91. The van der Waals surface area contributed by atoms with Crippen LogP contribution in [-0.2, 0) is 43.6 Å². The van der Waals surface area contributed by atoms with Crippen LogP contribution in [0.5, 0.6) is 0 Å². The minimum atomic E-state index is -1.01. The number of carboxylic acid groups (broad SMARTS) is 1. The maximum absolute atomic E-state index is 13.3. The lowest BCUT2D eigenvalue weighted by Crippen LogP contribution is -2.41. The van der Waals surface area contributed by atoms with Gasteiger partial charge in [0.05, 0.1) is 37.3 Å². The molecule has 3 amide bonds. The Morgan fingerprint density at radius 2 is 1.51 bits per heavy atom. The number of amides is 3. The van der Waals surface area contributed by atoms with Gasteiger partial charge in [0, 0.05) is 22.1 Å². The van der Waals surface area contributed by atoms with Gasteiger partial charge in [-0.15, -0.1) is 11.8 Å². The minimum Gasteiger partial charge on any atom is -0.478 e. The summed E-state index contributed by atoms with van der Waals surface area (Å²) in [5.41, 5.74) is 5.99. The van der Waals surface area contributed by atoms with Crippen LogP contribution < -0.4 is 5.32 Å². The van der Waals surface area contributed by atoms with E-state index in [1.165, 1.54) is 11.8 Å². The molecule has 12 heteroatoms. The number of alkyl carbamates (subject to hydrolysis) is 1. The summed E-state index contributed by atoms with van der Waals surface area (Å²) in [4.78, 5) is 52.4. The van der Waals surface area contributed by atoms with Crippen LogP contribution in [0.1, 0.15) is 63.9 Å². The lowest BCUT2D eigenvalue weighted by molar-refractivity contribution is -0.268. The summed E-state index contributed by atoms with van der Waals surface area (Å²) in [7, 11) is 0. The molecule has 7 rings (SSSR count). The van der Waals surface area contributed by atoms with Crippen LogP contribution in [0.25, 0.3) is 11.1 Å². The highest BCUT2D eigenvalue weighted by Gasteiger charge is 2.40. The molecule has 2 saturated heterocycles. The fraction of sp³-hybridized carbons (Fsp3) is 0.244. The van der Waals surface area contributed by atoms with Crippen LogP contribution in [0.15, 0.2) is 132 Å². The average molecular weight is 787 g/mol. The highest BCUT2D eigenvalue weighted by Crippen LogP contribution is 2.44. The maximum atomic E-state index is 13.3. The van der Waals surface area contributed by atoms with Crippen LogP contribution in [-0.4, -0.2) is 56.9 Å². The van der Waals surface area contributed by atoms with E-state index in [-0.39, 0.29) is 55.8 Å². The summed E-state index contributed by atoms with van der Waals surface area (Å²) >= 11 is 1.43. The zero-order chi connectivity index (χ0) is 39.9. The quantitative estimate of drug-likeness (QED) is 0.0801. The summed E-state index contributed by atoms with van der Waals surface area (Å²) in [5.74, 6) is -1.49. The third-order valence-electron chi connectivity index (χ3n) is 10.2. The van der Waals surface area contributed by atoms with Gasteiger partial charge in [-0.3, -0.25) is 14.5 Å². The number of thioether (sulfide) groups is 1. The second kappa shape index (κ2) is 18.0. The van der Waals surface area contributed by atoms with Crippen molar-refractivity contribution in [3.05, 3.63) is 161 Å². The van der Waals surface area contributed by atoms with Crippen LogP contribution in [0, 0.1) is 5.92 Å². The summed E-state index contributed by atoms with van der Waals surface area (Å²) in [6.07, 6.45) is -2.35. The van der Waals surface area contributed by atoms with E-state index in [4.69, 9.17) is 14.2 Å². The predicted octanol–water partition coefficient (Wildman–Crippen LogP) is 7.68. The molecule has 0 spiro atoms. The number of carbonyl (C=O) groups is 4. The first kappa shape index (κ1) is 39.4. The summed E-state index contributed by atoms with van der Waals surface area (Å²) < 4.78 is 18.6. The topological polar surface area (TPSA) is 152 Å². The van der Waals surface area contributed by atoms with Gasteiger partial charge < -0.3 is 29.7 Å². The van der Waals surface area contributed by atoms with Crippen molar-refractivity contribution in [1.82, 2.24) is 10.2 Å². The van der Waals surface area contributed by atoms with Gasteiger partial charge in [0.15, 0.2) is 6.29 Å². The van der Waals surface area contributed by atoms with Crippen molar-refractivity contribution in [3.63, 3.8) is 0 Å². The van der Waals surface area contributed by atoms with Gasteiger partial charge in [0.1, 0.15) is 12.6 Å². The monoisotopic (exact) mass is 786 g/mol. The number of aliphatic hydroxyl groups excluding tert-OH is 1. The number of hydrogen-bond donors (Lipinski definition) is 3. The van der Waals surface area contributed by atoms with Gasteiger partial charge in [-0.05, 0) is 57.6 Å². The number of nitrogens with one attached hydrogen (secondary N) is 1. The van der Waals surface area contributed by atoms with Gasteiger partial charge in [0.25, 0.3) is 5.91 Å². The summed E-state index contributed by atoms with van der Waals surface area (Å²) in [5, 5.41) is 21.9. The third-order valence-corrected chi connectivity index (χ3v) is 11.3. The Kier molecular flexibility index (Phi) is 12.4. The molecular weight excluding hydrogens is 745 g/mol. The first-order chi connectivity index (χ1) is 27.7. The standard InChI is InChI=1S/C45H42N2O9S/c1-28-38(27-57-39-16-6-5-15-36(39)43(51)52)55-44(56-41(28)32-19-17-29(25-48)18-20-32)35-14-8-13-34(22-35)33-12-7-11-31(21-33)24-47-40(49)23-37(42(47)50)46-45(53)54-26-30-9-3-2-4-10-30/h2-22,28,37-38,41,44,48H,23-27H2,1H3,(H,46,53)(H,51,52)/t28-,37?,38+,41+,44+/m0/s1. The van der Waals surface area contributed by atoms with E-state index < -0.39 is 30.3 Å². The van der Waals surface area contributed by atoms with Crippen molar-refractivity contribution in [3.8, 4) is 11.1 Å². The largest absolute Gasteiger partial charge is 0.478 e. The van der Waals surface area contributed by atoms with Crippen molar-refractivity contribution in [2.75, 3.05) is 5.75 Å². The summed E-state index contributed by atoms with van der Waals surface area (Å²) in [6.45, 7) is 2.07. The molecular formula is C45H42N2O9S. The SMILES string of the molecule is C[C@H]1[C@@H](CSc2ccccc2C(=O)O)O[C@@H](c2cccc(-c3cccc(CN4C(=O)CC(NC(=O)OCc5ccccc5)C4=O)c3)c2)O[C@H]1c1ccc(CO)cc1. The Labute approximate surface area is 334 Å². The molecule has 2 aliphatic rings. The van der Waals surface area contributed by atoms with E-state index in [9.17, 15) is 29.4 Å². The fourth-order valence-corrected chi connectivity index (χ4v) is 8.23. The first-order valence-electron chi connectivity index (χ1n) is 18.6. The Morgan fingerprint density at radius 3 is 2.26 bits per heavy atom. The molecule has 1 unspecified atom stereocenters. The van der Waals surface area contributed by atoms with Crippen molar-refractivity contribution in [1.29, 1.82) is 0 Å². The maximum Gasteiger partial charge on any atom is 0.408 e. The number of hydrogen-bond acceptors (Lipinski definition) is 9. The molecule has 5 aromatic rings. The van der Waals surface area contributed by atoms with E-state index >= 15 is 0 Å². The molecule has 0 aromatic heterocycles. The number of nitrogens with zero attached hydrogens (tertiary/aromatic N) is 1. The van der Waals surface area contributed by atoms with Crippen molar-refractivity contribution < 1.29 is 43.6 Å². The van der Waals surface area contributed by atoms with Crippen LogP contribution in [0.3, 0.4) is 0 Å². The van der Waals surface area contributed by atoms with E-state index in [1.807, 2.05) is 109 Å². The zero-order valence-corrected chi connectivity index (χ0v) is 32.0. The number of rotatable bonds is 13. The second-order valence-corrected chi connectivity index (χ2v) is 15.1. The Balaban J connectivity index is 1.06. The van der Waals surface area contributed by atoms with E-state index in [2.05, 4.69) is 12.2 Å². The zero-order valence-electron chi connectivity index (χ0n) is 31.2. The Hall–Kier alpha value is -5.79. The molecule has 5 aromatic carbocycles. The van der Waals surface area contributed by atoms with E-state index in [0.717, 1.165) is 43.8 Å². The van der Waals surface area contributed by atoms with Crippen molar-refractivity contribution in [2.45, 2.75) is 62.5 Å². The van der Waals surface area contributed by atoms with Gasteiger partial charge in [-0.25, -0.2) is 9.59 Å².